The van der Waals surface area contributed by atoms with Crippen molar-refractivity contribution in [3.63, 3.8) is 0 Å². The first-order valence-electron chi connectivity index (χ1n) is 2.23. The van der Waals surface area contributed by atoms with Crippen LogP contribution in [0, 0.1) is 0 Å². The van der Waals surface area contributed by atoms with Gasteiger partial charge in [0, 0.05) is 6.07 Å². The quantitative estimate of drug-likeness (QED) is 0.407. The van der Waals surface area contributed by atoms with Crippen molar-refractivity contribution >= 4 is 5.82 Å². The highest BCUT2D eigenvalue weighted by Gasteiger charge is 1.91. The first kappa shape index (κ1) is 5.77. The van der Waals surface area contributed by atoms with Crippen molar-refractivity contribution in [2.24, 2.45) is 0 Å². The van der Waals surface area contributed by atoms with Gasteiger partial charge in [0.15, 0.2) is 0 Å². The number of rotatable bonds is 1. The van der Waals surface area contributed by atoms with E-state index >= 15 is 0 Å². The number of nitrogen functional groups attached to an aromatic ring is 1. The molecule has 0 aliphatic heterocycles. The Balaban J connectivity index is 2.88. The van der Waals surface area contributed by atoms with E-state index in [2.05, 4.69) is 15.1 Å². The third kappa shape index (κ3) is 1.26. The molecule has 1 heterocycles. The van der Waals surface area contributed by atoms with E-state index in [1.165, 1.54) is 12.1 Å². The lowest BCUT2D eigenvalue weighted by molar-refractivity contribution is -0.142. The number of nitrogens with two attached hydrogens (primary N) is 1. The molecule has 3 N–H and O–H groups in total. The zero-order valence-electron chi connectivity index (χ0n) is 4.48. The van der Waals surface area contributed by atoms with Gasteiger partial charge in [-0.1, -0.05) is 0 Å². The molecule has 0 radical (unpaired) electrons. The standard InChI is InChI=1S/C4H5N3O2/c5-3-1-2-4(9-8)7-6-3/h1-2,8H,(H2,5,6). The summed E-state index contributed by atoms with van der Waals surface area (Å²) >= 11 is 0. The summed E-state index contributed by atoms with van der Waals surface area (Å²) in [6.07, 6.45) is 0. The summed E-state index contributed by atoms with van der Waals surface area (Å²) in [7, 11) is 0. The highest BCUT2D eigenvalue weighted by molar-refractivity contribution is 5.26. The highest BCUT2D eigenvalue weighted by atomic mass is 17.1. The van der Waals surface area contributed by atoms with Crippen LogP contribution < -0.4 is 10.6 Å². The molecule has 0 aliphatic rings. The van der Waals surface area contributed by atoms with Gasteiger partial charge in [0.05, 0.1) is 0 Å². The van der Waals surface area contributed by atoms with Gasteiger partial charge in [0.25, 0.3) is 5.88 Å². The zero-order valence-corrected chi connectivity index (χ0v) is 4.48. The molecule has 0 spiro atoms. The van der Waals surface area contributed by atoms with Crippen LogP contribution in [0.4, 0.5) is 5.82 Å². The Morgan fingerprint density at radius 3 is 2.67 bits per heavy atom. The summed E-state index contributed by atoms with van der Waals surface area (Å²) in [5.41, 5.74) is 5.17. The van der Waals surface area contributed by atoms with Crippen LogP contribution in [-0.2, 0) is 0 Å². The van der Waals surface area contributed by atoms with E-state index in [9.17, 15) is 0 Å². The van der Waals surface area contributed by atoms with E-state index in [1.807, 2.05) is 0 Å². The largest absolute Gasteiger partial charge is 0.382 e. The minimum absolute atomic E-state index is 0.0317. The predicted octanol–water partition coefficient (Wildman–Crippen LogP) is -0.0894. The van der Waals surface area contributed by atoms with Gasteiger partial charge in [-0.25, -0.2) is 5.26 Å². The number of aromatic nitrogens is 2. The Morgan fingerprint density at radius 2 is 2.22 bits per heavy atom. The molecule has 0 saturated carbocycles. The Kier molecular flexibility index (Phi) is 1.46. The van der Waals surface area contributed by atoms with Gasteiger partial charge in [0.2, 0.25) is 0 Å². The number of hydrogen-bond donors (Lipinski definition) is 2. The summed E-state index contributed by atoms with van der Waals surface area (Å²) < 4.78 is 0. The average Bonchev–Trinajstić information content (AvgIpc) is 1.90. The summed E-state index contributed by atoms with van der Waals surface area (Å²) in [6.45, 7) is 0. The van der Waals surface area contributed by atoms with Crippen molar-refractivity contribution in [2.45, 2.75) is 0 Å². The van der Waals surface area contributed by atoms with Gasteiger partial charge >= 0.3 is 0 Å². The van der Waals surface area contributed by atoms with Crippen molar-refractivity contribution in [1.82, 2.24) is 10.2 Å². The minimum atomic E-state index is 0.0317. The lowest BCUT2D eigenvalue weighted by Crippen LogP contribution is -1.94. The zero-order chi connectivity index (χ0) is 6.69. The molecule has 1 rings (SSSR count). The van der Waals surface area contributed by atoms with Crippen LogP contribution in [0.2, 0.25) is 0 Å². The van der Waals surface area contributed by atoms with E-state index in [-0.39, 0.29) is 11.7 Å². The molecule has 0 unspecified atom stereocenters. The lowest BCUT2D eigenvalue weighted by Gasteiger charge is -1.91. The van der Waals surface area contributed by atoms with E-state index in [0.717, 1.165) is 0 Å². The Morgan fingerprint density at radius 1 is 1.44 bits per heavy atom. The fourth-order valence-electron chi connectivity index (χ4n) is 0.379. The minimum Gasteiger partial charge on any atom is -0.382 e. The van der Waals surface area contributed by atoms with Crippen molar-refractivity contribution in [2.75, 3.05) is 5.73 Å². The molecule has 0 aliphatic carbocycles. The SMILES string of the molecule is Nc1ccc(OO)nn1. The number of hydrogen-bond acceptors (Lipinski definition) is 5. The predicted molar refractivity (Wildman–Crippen MR) is 29.7 cm³/mol. The Labute approximate surface area is 51.0 Å². The van der Waals surface area contributed by atoms with Crippen LogP contribution in [0.25, 0.3) is 0 Å². The molecule has 0 bridgehead atoms. The second kappa shape index (κ2) is 2.27. The smallest absolute Gasteiger partial charge is 0.274 e. The fraction of sp³-hybridized carbons (Fsp3) is 0. The van der Waals surface area contributed by atoms with E-state index in [1.54, 1.807) is 0 Å². The molecule has 0 amide bonds. The van der Waals surface area contributed by atoms with E-state index in [0.29, 0.717) is 0 Å². The van der Waals surface area contributed by atoms with E-state index in [4.69, 9.17) is 11.0 Å². The van der Waals surface area contributed by atoms with Crippen molar-refractivity contribution in [3.8, 4) is 5.88 Å². The molecule has 1 aromatic rings. The summed E-state index contributed by atoms with van der Waals surface area (Å²) in [5, 5.41) is 14.7. The van der Waals surface area contributed by atoms with Crippen LogP contribution in [0.15, 0.2) is 12.1 Å². The normalized spacial score (nSPS) is 9.00. The van der Waals surface area contributed by atoms with Gasteiger partial charge in [-0.05, 0) is 6.07 Å². The van der Waals surface area contributed by atoms with Crippen molar-refractivity contribution in [1.29, 1.82) is 0 Å². The van der Waals surface area contributed by atoms with Crippen LogP contribution in [0.3, 0.4) is 0 Å². The summed E-state index contributed by atoms with van der Waals surface area (Å²) in [4.78, 5) is 3.74. The summed E-state index contributed by atoms with van der Waals surface area (Å²) in [5.74, 6) is 0.319. The Hall–Kier alpha value is -1.36. The molecule has 48 valence electrons. The van der Waals surface area contributed by atoms with Gasteiger partial charge < -0.3 is 10.6 Å². The maximum Gasteiger partial charge on any atom is 0.274 e. The van der Waals surface area contributed by atoms with Crippen LogP contribution in [-0.4, -0.2) is 15.5 Å². The summed E-state index contributed by atoms with van der Waals surface area (Å²) in [6, 6.07) is 2.88. The van der Waals surface area contributed by atoms with Crippen molar-refractivity contribution < 1.29 is 10.1 Å². The second-order valence-electron chi connectivity index (χ2n) is 1.39. The maximum atomic E-state index is 7.99. The molecule has 0 aromatic carbocycles. The monoisotopic (exact) mass is 127 g/mol. The molecule has 5 nitrogen and oxygen atoms in total. The molecule has 0 fully saturated rings. The molecule has 0 saturated heterocycles. The molecular formula is C4H5N3O2. The van der Waals surface area contributed by atoms with Crippen LogP contribution >= 0.6 is 0 Å². The Bertz CT molecular complexity index is 186. The molecule has 5 heteroatoms. The third-order valence-corrected chi connectivity index (χ3v) is 0.754. The first-order valence-corrected chi connectivity index (χ1v) is 2.23. The molecule has 0 atom stereocenters. The van der Waals surface area contributed by atoms with Gasteiger partial charge in [0.1, 0.15) is 5.82 Å². The fourth-order valence-corrected chi connectivity index (χ4v) is 0.379. The first-order chi connectivity index (χ1) is 4.33. The molecule has 9 heavy (non-hydrogen) atoms. The molecule has 1 aromatic heterocycles. The lowest BCUT2D eigenvalue weighted by atomic mass is 10.5. The third-order valence-electron chi connectivity index (χ3n) is 0.754. The maximum absolute atomic E-state index is 7.99. The van der Waals surface area contributed by atoms with Gasteiger partial charge in [-0.3, -0.25) is 0 Å². The van der Waals surface area contributed by atoms with Gasteiger partial charge in [-0.2, -0.15) is 0 Å². The van der Waals surface area contributed by atoms with Crippen LogP contribution in [0.5, 0.6) is 5.88 Å². The van der Waals surface area contributed by atoms with Crippen LogP contribution in [0.1, 0.15) is 0 Å². The molecular weight excluding hydrogens is 122 g/mol. The average molecular weight is 127 g/mol. The van der Waals surface area contributed by atoms with E-state index < -0.39 is 0 Å². The highest BCUT2D eigenvalue weighted by Crippen LogP contribution is 2.02. The van der Waals surface area contributed by atoms with Gasteiger partial charge in [-0.15, -0.1) is 10.2 Å². The number of nitrogens with zero attached hydrogens (tertiary/aromatic N) is 2. The topological polar surface area (TPSA) is 81.3 Å². The second-order valence-corrected chi connectivity index (χ2v) is 1.39. The van der Waals surface area contributed by atoms with Crippen molar-refractivity contribution in [3.05, 3.63) is 12.1 Å². The number of anilines is 1.